The van der Waals surface area contributed by atoms with Crippen molar-refractivity contribution < 1.29 is 4.79 Å². The van der Waals surface area contributed by atoms with Gasteiger partial charge >= 0.3 is 0 Å². The number of nitrogens with zero attached hydrogens (tertiary/aromatic N) is 1. The Bertz CT molecular complexity index is 482. The molecule has 1 amide bonds. The fourth-order valence-electron chi connectivity index (χ4n) is 3.61. The van der Waals surface area contributed by atoms with Crippen LogP contribution in [-0.2, 0) is 4.79 Å². The van der Waals surface area contributed by atoms with E-state index in [9.17, 15) is 4.79 Å². The summed E-state index contributed by atoms with van der Waals surface area (Å²) < 4.78 is 0. The summed E-state index contributed by atoms with van der Waals surface area (Å²) in [5.74, 6) is 0.183. The summed E-state index contributed by atoms with van der Waals surface area (Å²) in [6.07, 6.45) is 7.07. The first kappa shape index (κ1) is 14.9. The molecule has 1 unspecified atom stereocenters. The number of hydrogen-bond acceptors (Lipinski definition) is 2. The van der Waals surface area contributed by atoms with Gasteiger partial charge < -0.3 is 5.32 Å². The van der Waals surface area contributed by atoms with E-state index in [-0.39, 0.29) is 5.91 Å². The third-order valence-corrected chi connectivity index (χ3v) is 4.94. The molecule has 0 aromatic heterocycles. The second-order valence-electron chi connectivity index (χ2n) is 6.23. The molecule has 1 N–H and O–H groups in total. The van der Waals surface area contributed by atoms with Crippen LogP contribution in [0.5, 0.6) is 0 Å². The van der Waals surface area contributed by atoms with Crippen molar-refractivity contribution in [3.63, 3.8) is 0 Å². The Morgan fingerprint density at radius 2 is 1.86 bits per heavy atom. The monoisotopic (exact) mass is 306 g/mol. The lowest BCUT2D eigenvalue weighted by Gasteiger charge is -2.25. The predicted octanol–water partition coefficient (Wildman–Crippen LogP) is 3.54. The van der Waals surface area contributed by atoms with Crippen LogP contribution in [0.2, 0.25) is 5.02 Å². The summed E-state index contributed by atoms with van der Waals surface area (Å²) in [7, 11) is 0. The van der Waals surface area contributed by atoms with Gasteiger partial charge in [0.25, 0.3) is 0 Å². The van der Waals surface area contributed by atoms with E-state index in [2.05, 4.69) is 22.3 Å². The molecule has 3 rings (SSSR count). The van der Waals surface area contributed by atoms with E-state index in [1.807, 2.05) is 12.1 Å². The van der Waals surface area contributed by atoms with Crippen molar-refractivity contribution in [1.29, 1.82) is 0 Å². The quantitative estimate of drug-likeness (QED) is 0.923. The van der Waals surface area contributed by atoms with Crippen LogP contribution in [0.15, 0.2) is 24.3 Å². The third kappa shape index (κ3) is 3.78. The minimum Gasteiger partial charge on any atom is -0.352 e. The van der Waals surface area contributed by atoms with E-state index >= 15 is 0 Å². The summed E-state index contributed by atoms with van der Waals surface area (Å²) in [6.45, 7) is 1.52. The van der Waals surface area contributed by atoms with Gasteiger partial charge in [-0.25, -0.2) is 0 Å². The molecule has 21 heavy (non-hydrogen) atoms. The van der Waals surface area contributed by atoms with Crippen molar-refractivity contribution in [3.05, 3.63) is 34.9 Å². The highest BCUT2D eigenvalue weighted by atomic mass is 35.5. The van der Waals surface area contributed by atoms with Gasteiger partial charge in [-0.2, -0.15) is 0 Å². The average Bonchev–Trinajstić information content (AvgIpc) is 3.11. The highest BCUT2D eigenvalue weighted by Gasteiger charge is 2.28. The molecule has 1 aromatic rings. The molecule has 1 heterocycles. The molecule has 3 nitrogen and oxygen atoms in total. The van der Waals surface area contributed by atoms with E-state index in [0.29, 0.717) is 18.6 Å². The average molecular weight is 307 g/mol. The maximum atomic E-state index is 12.2. The second-order valence-corrected chi connectivity index (χ2v) is 6.67. The van der Waals surface area contributed by atoms with Crippen LogP contribution < -0.4 is 5.32 Å². The first-order valence-corrected chi connectivity index (χ1v) is 8.39. The lowest BCUT2D eigenvalue weighted by Crippen LogP contribution is -2.40. The van der Waals surface area contributed by atoms with Crippen molar-refractivity contribution >= 4 is 17.5 Å². The van der Waals surface area contributed by atoms with Crippen LogP contribution in [0.1, 0.15) is 50.1 Å². The van der Waals surface area contributed by atoms with Crippen molar-refractivity contribution in [2.24, 2.45) is 0 Å². The van der Waals surface area contributed by atoms with Crippen LogP contribution in [0.25, 0.3) is 0 Å². The first-order chi connectivity index (χ1) is 10.2. The second kappa shape index (κ2) is 6.80. The molecule has 0 spiro atoms. The van der Waals surface area contributed by atoms with Gasteiger partial charge in [-0.1, -0.05) is 36.6 Å². The van der Waals surface area contributed by atoms with Crippen molar-refractivity contribution in [3.8, 4) is 0 Å². The molecule has 1 saturated heterocycles. The molecule has 1 aliphatic heterocycles. The maximum absolute atomic E-state index is 12.2. The number of nitrogens with one attached hydrogen (secondary N) is 1. The number of carbonyl (C=O) groups excluding carboxylic acids is 1. The topological polar surface area (TPSA) is 32.3 Å². The fraction of sp³-hybridized carbons (Fsp3) is 0.588. The Morgan fingerprint density at radius 1 is 1.14 bits per heavy atom. The molecule has 1 saturated carbocycles. The molecule has 1 aromatic carbocycles. The summed E-state index contributed by atoms with van der Waals surface area (Å²) >= 11 is 5.96. The zero-order valence-corrected chi connectivity index (χ0v) is 13.1. The Labute approximate surface area is 131 Å². The number of hydrogen-bond donors (Lipinski definition) is 1. The molecular formula is C17H23ClN2O. The highest BCUT2D eigenvalue weighted by Crippen LogP contribution is 2.32. The Kier molecular flexibility index (Phi) is 4.81. The van der Waals surface area contributed by atoms with Gasteiger partial charge in [0.15, 0.2) is 0 Å². The molecule has 114 valence electrons. The predicted molar refractivity (Wildman–Crippen MR) is 85.4 cm³/mol. The summed E-state index contributed by atoms with van der Waals surface area (Å²) in [5, 5.41) is 3.95. The Balaban J connectivity index is 1.58. The van der Waals surface area contributed by atoms with Gasteiger partial charge in [0, 0.05) is 17.1 Å². The SMILES string of the molecule is O=C(CN1CCCC1c1ccc(Cl)cc1)NC1CCCC1. The van der Waals surface area contributed by atoms with E-state index in [1.54, 1.807) is 0 Å². The van der Waals surface area contributed by atoms with E-state index in [1.165, 1.54) is 18.4 Å². The number of carbonyl (C=O) groups is 1. The molecule has 2 fully saturated rings. The van der Waals surface area contributed by atoms with E-state index in [4.69, 9.17) is 11.6 Å². The van der Waals surface area contributed by atoms with E-state index in [0.717, 1.165) is 37.3 Å². The Morgan fingerprint density at radius 3 is 2.57 bits per heavy atom. The van der Waals surface area contributed by atoms with Crippen LogP contribution in [0, 0.1) is 0 Å². The van der Waals surface area contributed by atoms with Crippen LogP contribution in [-0.4, -0.2) is 29.9 Å². The fourth-order valence-corrected chi connectivity index (χ4v) is 3.73. The van der Waals surface area contributed by atoms with Crippen molar-refractivity contribution in [2.75, 3.05) is 13.1 Å². The highest BCUT2D eigenvalue weighted by molar-refractivity contribution is 6.30. The van der Waals surface area contributed by atoms with Gasteiger partial charge in [-0.05, 0) is 49.9 Å². The lowest BCUT2D eigenvalue weighted by atomic mass is 10.0. The van der Waals surface area contributed by atoms with Gasteiger partial charge in [0.05, 0.1) is 6.54 Å². The Hall–Kier alpha value is -1.06. The third-order valence-electron chi connectivity index (χ3n) is 4.69. The molecule has 1 aliphatic carbocycles. The van der Waals surface area contributed by atoms with Gasteiger partial charge in [0.1, 0.15) is 0 Å². The van der Waals surface area contributed by atoms with Gasteiger partial charge in [-0.3, -0.25) is 9.69 Å². The zero-order chi connectivity index (χ0) is 14.7. The van der Waals surface area contributed by atoms with Gasteiger partial charge in [-0.15, -0.1) is 0 Å². The van der Waals surface area contributed by atoms with Gasteiger partial charge in [0.2, 0.25) is 5.91 Å². The summed E-state index contributed by atoms with van der Waals surface area (Å²) in [4.78, 5) is 14.5. The maximum Gasteiger partial charge on any atom is 0.234 e. The molecular weight excluding hydrogens is 284 g/mol. The minimum atomic E-state index is 0.183. The number of halogens is 1. The standard InChI is InChI=1S/C17H23ClN2O/c18-14-9-7-13(8-10-14)16-6-3-11-20(16)12-17(21)19-15-4-1-2-5-15/h7-10,15-16H,1-6,11-12H2,(H,19,21). The van der Waals surface area contributed by atoms with Crippen LogP contribution >= 0.6 is 11.6 Å². The normalized spacial score (nSPS) is 23.6. The number of rotatable bonds is 4. The summed E-state index contributed by atoms with van der Waals surface area (Å²) in [5.41, 5.74) is 1.27. The largest absolute Gasteiger partial charge is 0.352 e. The van der Waals surface area contributed by atoms with Crippen LogP contribution in [0.3, 0.4) is 0 Å². The number of likely N-dealkylation sites (tertiary alicyclic amines) is 1. The molecule has 0 radical (unpaired) electrons. The number of amides is 1. The summed E-state index contributed by atoms with van der Waals surface area (Å²) in [6, 6.07) is 8.81. The smallest absolute Gasteiger partial charge is 0.234 e. The zero-order valence-electron chi connectivity index (χ0n) is 12.4. The van der Waals surface area contributed by atoms with Crippen molar-refractivity contribution in [2.45, 2.75) is 50.6 Å². The van der Waals surface area contributed by atoms with E-state index < -0.39 is 0 Å². The molecule has 0 bridgehead atoms. The number of benzene rings is 1. The molecule has 2 aliphatic rings. The molecule has 1 atom stereocenters. The van der Waals surface area contributed by atoms with Crippen molar-refractivity contribution in [1.82, 2.24) is 10.2 Å². The lowest BCUT2D eigenvalue weighted by molar-refractivity contribution is -0.123. The minimum absolute atomic E-state index is 0.183. The van der Waals surface area contributed by atoms with Crippen LogP contribution in [0.4, 0.5) is 0 Å². The first-order valence-electron chi connectivity index (χ1n) is 8.01. The molecule has 4 heteroatoms.